The lowest BCUT2D eigenvalue weighted by atomic mass is 10.1. The summed E-state index contributed by atoms with van der Waals surface area (Å²) in [5.41, 5.74) is 1.17. The van der Waals surface area contributed by atoms with Crippen molar-refractivity contribution in [3.8, 4) is 11.5 Å². The zero-order valence-electron chi connectivity index (χ0n) is 9.61. The zero-order valence-corrected chi connectivity index (χ0v) is 15.2. The van der Waals surface area contributed by atoms with Gasteiger partial charge in [0.2, 0.25) is 0 Å². The van der Waals surface area contributed by atoms with Crippen molar-refractivity contribution in [3.63, 3.8) is 0 Å². The molecular formula is C13H9Br3O2S. The number of halogens is 3. The minimum absolute atomic E-state index is 0.0484. The van der Waals surface area contributed by atoms with Gasteiger partial charge in [0.1, 0.15) is 12.7 Å². The molecule has 0 bridgehead atoms. The van der Waals surface area contributed by atoms with Crippen molar-refractivity contribution in [1.82, 2.24) is 0 Å². The average Bonchev–Trinajstić information content (AvgIpc) is 2.76. The van der Waals surface area contributed by atoms with E-state index >= 15 is 0 Å². The van der Waals surface area contributed by atoms with Crippen LogP contribution < -0.4 is 9.47 Å². The quantitative estimate of drug-likeness (QED) is 0.538. The standard InChI is InChI=1S/C13H9Br3O2S/c14-11-5-7(13(16)19-11)12(15)10-6-17-8-3-1-2-4-9(8)18-10/h1-5,10,12H,6H2. The summed E-state index contributed by atoms with van der Waals surface area (Å²) >= 11 is 12.4. The maximum Gasteiger partial charge on any atom is 0.161 e. The second-order valence-electron chi connectivity index (χ2n) is 4.10. The molecule has 1 aliphatic rings. The topological polar surface area (TPSA) is 18.5 Å². The van der Waals surface area contributed by atoms with Crippen molar-refractivity contribution >= 4 is 59.1 Å². The van der Waals surface area contributed by atoms with Crippen LogP contribution in [0, 0.1) is 0 Å². The molecular weight excluding hydrogens is 460 g/mol. The first-order chi connectivity index (χ1) is 9.15. The summed E-state index contributed by atoms with van der Waals surface area (Å²) in [4.78, 5) is 0.0813. The minimum atomic E-state index is -0.0484. The Kier molecular flexibility index (Phi) is 4.22. The third kappa shape index (κ3) is 2.86. The van der Waals surface area contributed by atoms with Crippen LogP contribution in [0.3, 0.4) is 0 Å². The lowest BCUT2D eigenvalue weighted by molar-refractivity contribution is 0.0904. The first-order valence-corrected chi connectivity index (χ1v) is 8.94. The summed E-state index contributed by atoms with van der Waals surface area (Å²) in [6.07, 6.45) is -0.0484. The summed E-state index contributed by atoms with van der Waals surface area (Å²) in [6.45, 7) is 0.535. The van der Waals surface area contributed by atoms with E-state index in [1.807, 2.05) is 24.3 Å². The molecule has 0 radical (unpaired) electrons. The molecule has 1 aromatic carbocycles. The van der Waals surface area contributed by atoms with Gasteiger partial charge in [-0.1, -0.05) is 28.1 Å². The minimum Gasteiger partial charge on any atom is -0.486 e. The number of thiophene rings is 1. The predicted octanol–water partition coefficient (Wildman–Crippen LogP) is 5.55. The van der Waals surface area contributed by atoms with Crippen LogP contribution in [0.15, 0.2) is 37.9 Å². The molecule has 3 rings (SSSR count). The molecule has 0 spiro atoms. The highest BCUT2D eigenvalue weighted by molar-refractivity contribution is 9.12. The van der Waals surface area contributed by atoms with Crippen LogP contribution >= 0.6 is 59.1 Å². The van der Waals surface area contributed by atoms with Gasteiger partial charge in [-0.2, -0.15) is 0 Å². The van der Waals surface area contributed by atoms with E-state index in [1.165, 1.54) is 5.56 Å². The van der Waals surface area contributed by atoms with E-state index in [0.717, 1.165) is 19.1 Å². The fourth-order valence-electron chi connectivity index (χ4n) is 1.92. The summed E-state index contributed by atoms with van der Waals surface area (Å²) < 4.78 is 13.9. The van der Waals surface area contributed by atoms with E-state index in [-0.39, 0.29) is 10.9 Å². The first kappa shape index (κ1) is 13.9. The molecule has 0 N–H and O–H groups in total. The molecule has 2 heterocycles. The van der Waals surface area contributed by atoms with Crippen molar-refractivity contribution in [2.24, 2.45) is 0 Å². The van der Waals surface area contributed by atoms with Gasteiger partial charge in [-0.05, 0) is 55.6 Å². The molecule has 6 heteroatoms. The largest absolute Gasteiger partial charge is 0.486 e. The van der Waals surface area contributed by atoms with Crippen LogP contribution in [0.5, 0.6) is 11.5 Å². The molecule has 1 aliphatic heterocycles. The highest BCUT2D eigenvalue weighted by Crippen LogP contribution is 2.43. The van der Waals surface area contributed by atoms with Gasteiger partial charge in [-0.15, -0.1) is 11.3 Å². The molecule has 2 aromatic rings. The number of hydrogen-bond acceptors (Lipinski definition) is 3. The molecule has 1 aromatic heterocycles. The molecule has 0 fully saturated rings. The maximum absolute atomic E-state index is 6.01. The Morgan fingerprint density at radius 2 is 1.95 bits per heavy atom. The molecule has 100 valence electrons. The van der Waals surface area contributed by atoms with Gasteiger partial charge in [0, 0.05) is 0 Å². The van der Waals surface area contributed by atoms with Crippen molar-refractivity contribution in [2.75, 3.05) is 6.61 Å². The third-order valence-electron chi connectivity index (χ3n) is 2.84. The fourth-order valence-corrected chi connectivity index (χ4v) is 5.93. The monoisotopic (exact) mass is 466 g/mol. The Bertz CT molecular complexity index is 599. The Balaban J connectivity index is 1.83. The van der Waals surface area contributed by atoms with E-state index in [2.05, 4.69) is 53.9 Å². The highest BCUT2D eigenvalue weighted by Gasteiger charge is 2.30. The maximum atomic E-state index is 6.01. The smallest absolute Gasteiger partial charge is 0.161 e. The number of alkyl halides is 1. The number of para-hydroxylation sites is 2. The van der Waals surface area contributed by atoms with Gasteiger partial charge in [-0.25, -0.2) is 0 Å². The van der Waals surface area contributed by atoms with Gasteiger partial charge in [0.25, 0.3) is 0 Å². The van der Waals surface area contributed by atoms with Crippen molar-refractivity contribution in [2.45, 2.75) is 10.9 Å². The zero-order chi connectivity index (χ0) is 13.4. The molecule has 0 saturated heterocycles. The summed E-state index contributed by atoms with van der Waals surface area (Å²) in [7, 11) is 0. The van der Waals surface area contributed by atoms with Crippen LogP contribution in [0.2, 0.25) is 0 Å². The summed E-state index contributed by atoms with van der Waals surface area (Å²) in [5, 5.41) is 0. The van der Waals surface area contributed by atoms with Gasteiger partial charge < -0.3 is 9.47 Å². The number of benzene rings is 1. The molecule has 0 amide bonds. The van der Waals surface area contributed by atoms with Crippen LogP contribution in [-0.4, -0.2) is 12.7 Å². The summed E-state index contributed by atoms with van der Waals surface area (Å²) in [5.74, 6) is 1.61. The Morgan fingerprint density at radius 1 is 1.21 bits per heavy atom. The van der Waals surface area contributed by atoms with E-state index < -0.39 is 0 Å². The van der Waals surface area contributed by atoms with Crippen LogP contribution in [-0.2, 0) is 0 Å². The highest BCUT2D eigenvalue weighted by atomic mass is 79.9. The molecule has 19 heavy (non-hydrogen) atoms. The number of hydrogen-bond donors (Lipinski definition) is 0. The fraction of sp³-hybridized carbons (Fsp3) is 0.231. The Morgan fingerprint density at radius 3 is 2.63 bits per heavy atom. The SMILES string of the molecule is Brc1cc(C(Br)C2COc3ccccc3O2)c(Br)s1. The number of fused-ring (bicyclic) bond motifs is 1. The van der Waals surface area contributed by atoms with E-state index in [9.17, 15) is 0 Å². The Hall–Kier alpha value is -0.0400. The first-order valence-electron chi connectivity index (χ1n) is 5.62. The van der Waals surface area contributed by atoms with Crippen molar-refractivity contribution in [1.29, 1.82) is 0 Å². The lowest BCUT2D eigenvalue weighted by Crippen LogP contribution is -2.32. The van der Waals surface area contributed by atoms with Crippen molar-refractivity contribution < 1.29 is 9.47 Å². The van der Waals surface area contributed by atoms with E-state index in [1.54, 1.807) is 11.3 Å². The molecule has 2 atom stereocenters. The number of ether oxygens (including phenoxy) is 2. The van der Waals surface area contributed by atoms with Crippen molar-refractivity contribution in [3.05, 3.63) is 43.5 Å². The predicted molar refractivity (Wildman–Crippen MR) is 87.7 cm³/mol. The molecule has 0 aliphatic carbocycles. The molecule has 2 nitrogen and oxygen atoms in total. The molecule has 2 unspecified atom stereocenters. The Labute approximate surface area is 140 Å². The molecule has 0 saturated carbocycles. The van der Waals surface area contributed by atoms with Crippen LogP contribution in [0.25, 0.3) is 0 Å². The lowest BCUT2D eigenvalue weighted by Gasteiger charge is -2.29. The summed E-state index contributed by atoms with van der Waals surface area (Å²) in [6, 6.07) is 9.84. The second-order valence-corrected chi connectivity index (χ2v) is 8.83. The van der Waals surface area contributed by atoms with Crippen LogP contribution in [0.1, 0.15) is 10.4 Å². The van der Waals surface area contributed by atoms with Gasteiger partial charge in [-0.3, -0.25) is 0 Å². The normalized spacial score (nSPS) is 19.2. The number of rotatable bonds is 2. The van der Waals surface area contributed by atoms with Gasteiger partial charge in [0.15, 0.2) is 11.5 Å². The average molecular weight is 469 g/mol. The van der Waals surface area contributed by atoms with Gasteiger partial charge >= 0.3 is 0 Å². The third-order valence-corrected chi connectivity index (χ3v) is 6.31. The second kappa shape index (κ2) is 5.76. The van der Waals surface area contributed by atoms with Crippen LogP contribution in [0.4, 0.5) is 0 Å². The van der Waals surface area contributed by atoms with E-state index in [4.69, 9.17) is 9.47 Å². The van der Waals surface area contributed by atoms with E-state index in [0.29, 0.717) is 6.61 Å². The van der Waals surface area contributed by atoms with Gasteiger partial charge in [0.05, 0.1) is 12.4 Å².